The Kier molecular flexibility index (Phi) is 5.83. The van der Waals surface area contributed by atoms with Gasteiger partial charge in [0, 0.05) is 19.7 Å². The number of benzene rings is 2. The van der Waals surface area contributed by atoms with E-state index in [0.717, 1.165) is 9.87 Å². The van der Waals surface area contributed by atoms with Gasteiger partial charge in [-0.2, -0.15) is 0 Å². The maximum absolute atomic E-state index is 12.3. The largest absolute Gasteiger partial charge is 0.289 e. The summed E-state index contributed by atoms with van der Waals surface area (Å²) in [4.78, 5) is 12.3. The third-order valence-electron chi connectivity index (χ3n) is 3.27. The minimum absolute atomic E-state index is 0.0706. The molecule has 0 heterocycles. The molecular formula is C17H15Cl2NO3S. The van der Waals surface area contributed by atoms with E-state index in [4.69, 9.17) is 23.2 Å². The Hall–Kier alpha value is -1.66. The summed E-state index contributed by atoms with van der Waals surface area (Å²) in [5, 5.41) is 0.826. The van der Waals surface area contributed by atoms with Crippen molar-refractivity contribution in [3.63, 3.8) is 0 Å². The highest BCUT2D eigenvalue weighted by molar-refractivity contribution is 7.89. The Morgan fingerprint density at radius 3 is 2.38 bits per heavy atom. The minimum atomic E-state index is -3.59. The van der Waals surface area contributed by atoms with Crippen molar-refractivity contribution < 1.29 is 13.2 Å². The standard InChI is InChI=1S/C17H15Cl2NO3S/c1-20(2)24(22,23)14-5-3-4-13(11-14)17(21)9-7-12-6-8-15(18)16(19)10-12/h3-11H,1-2H3/b9-7+. The zero-order valence-corrected chi connectivity index (χ0v) is 15.4. The second-order valence-electron chi connectivity index (χ2n) is 5.19. The first-order chi connectivity index (χ1) is 11.2. The third kappa shape index (κ3) is 4.24. The molecule has 2 aromatic carbocycles. The Morgan fingerprint density at radius 1 is 1.04 bits per heavy atom. The molecular weight excluding hydrogens is 369 g/mol. The second kappa shape index (κ2) is 7.49. The molecule has 126 valence electrons. The van der Waals surface area contributed by atoms with Crippen LogP contribution in [-0.4, -0.2) is 32.6 Å². The molecule has 0 amide bonds. The molecule has 4 nitrogen and oxygen atoms in total. The SMILES string of the molecule is CN(C)S(=O)(=O)c1cccc(C(=O)/C=C/c2ccc(Cl)c(Cl)c2)c1. The van der Waals surface area contributed by atoms with E-state index in [1.54, 1.807) is 30.3 Å². The number of allylic oxidation sites excluding steroid dienone is 1. The van der Waals surface area contributed by atoms with Gasteiger partial charge < -0.3 is 0 Å². The highest BCUT2D eigenvalue weighted by Crippen LogP contribution is 2.23. The fraction of sp³-hybridized carbons (Fsp3) is 0.118. The predicted molar refractivity (Wildman–Crippen MR) is 97.1 cm³/mol. The van der Waals surface area contributed by atoms with Crippen LogP contribution in [0.1, 0.15) is 15.9 Å². The normalized spacial score (nSPS) is 12.0. The van der Waals surface area contributed by atoms with E-state index < -0.39 is 10.0 Å². The molecule has 24 heavy (non-hydrogen) atoms. The highest BCUT2D eigenvalue weighted by atomic mass is 35.5. The molecule has 0 aliphatic carbocycles. The van der Waals surface area contributed by atoms with Crippen molar-refractivity contribution in [1.82, 2.24) is 4.31 Å². The lowest BCUT2D eigenvalue weighted by molar-refractivity contribution is 0.104. The summed E-state index contributed by atoms with van der Waals surface area (Å²) in [6.45, 7) is 0. The van der Waals surface area contributed by atoms with Crippen LogP contribution in [0, 0.1) is 0 Å². The fourth-order valence-corrected chi connectivity index (χ4v) is 3.16. The molecule has 0 saturated heterocycles. The number of hydrogen-bond donors (Lipinski definition) is 0. The number of sulfonamides is 1. The smallest absolute Gasteiger partial charge is 0.242 e. The highest BCUT2D eigenvalue weighted by Gasteiger charge is 2.18. The quantitative estimate of drug-likeness (QED) is 0.575. The van der Waals surface area contributed by atoms with Crippen LogP contribution in [0.3, 0.4) is 0 Å². The molecule has 0 saturated carbocycles. The average molecular weight is 384 g/mol. The van der Waals surface area contributed by atoms with Crippen LogP contribution < -0.4 is 0 Å². The summed E-state index contributed by atoms with van der Waals surface area (Å²) >= 11 is 11.8. The van der Waals surface area contributed by atoms with Gasteiger partial charge in [0.2, 0.25) is 10.0 Å². The van der Waals surface area contributed by atoms with Gasteiger partial charge in [0.1, 0.15) is 0 Å². The number of nitrogens with zero attached hydrogens (tertiary/aromatic N) is 1. The molecule has 2 rings (SSSR count). The van der Waals surface area contributed by atoms with Crippen LogP contribution in [0.4, 0.5) is 0 Å². The van der Waals surface area contributed by atoms with Gasteiger partial charge in [0.25, 0.3) is 0 Å². The Morgan fingerprint density at radius 2 is 1.75 bits per heavy atom. The van der Waals surface area contributed by atoms with Crippen molar-refractivity contribution in [3.05, 3.63) is 69.7 Å². The molecule has 0 bridgehead atoms. The van der Waals surface area contributed by atoms with Gasteiger partial charge in [-0.25, -0.2) is 12.7 Å². The summed E-state index contributed by atoms with van der Waals surface area (Å²) in [5.41, 5.74) is 1.00. The summed E-state index contributed by atoms with van der Waals surface area (Å²) in [6, 6.07) is 10.9. The summed E-state index contributed by atoms with van der Waals surface area (Å²) < 4.78 is 25.3. The number of hydrogen-bond acceptors (Lipinski definition) is 3. The van der Waals surface area contributed by atoms with E-state index in [-0.39, 0.29) is 16.2 Å². The van der Waals surface area contributed by atoms with E-state index in [1.807, 2.05) is 0 Å². The Bertz CT molecular complexity index is 906. The third-order valence-corrected chi connectivity index (χ3v) is 5.82. The topological polar surface area (TPSA) is 54.5 Å². The number of carbonyl (C=O) groups excluding carboxylic acids is 1. The zero-order chi connectivity index (χ0) is 17.9. The molecule has 0 spiro atoms. The van der Waals surface area contributed by atoms with Gasteiger partial charge in [-0.05, 0) is 35.9 Å². The van der Waals surface area contributed by atoms with Gasteiger partial charge in [-0.1, -0.05) is 47.5 Å². The molecule has 0 aliphatic rings. The molecule has 7 heteroatoms. The minimum Gasteiger partial charge on any atom is -0.289 e. The lowest BCUT2D eigenvalue weighted by Gasteiger charge is -2.11. The zero-order valence-electron chi connectivity index (χ0n) is 13.0. The molecule has 0 aromatic heterocycles. The molecule has 0 atom stereocenters. The van der Waals surface area contributed by atoms with Crippen molar-refractivity contribution in [1.29, 1.82) is 0 Å². The first kappa shape index (κ1) is 18.7. The van der Waals surface area contributed by atoms with Crippen molar-refractivity contribution in [3.8, 4) is 0 Å². The van der Waals surface area contributed by atoms with Crippen molar-refractivity contribution in [2.75, 3.05) is 14.1 Å². The van der Waals surface area contributed by atoms with Gasteiger partial charge in [0.05, 0.1) is 14.9 Å². The van der Waals surface area contributed by atoms with E-state index in [0.29, 0.717) is 10.0 Å². The van der Waals surface area contributed by atoms with E-state index >= 15 is 0 Å². The summed E-state index contributed by atoms with van der Waals surface area (Å²) in [6.07, 6.45) is 2.96. The second-order valence-corrected chi connectivity index (χ2v) is 8.15. The predicted octanol–water partition coefficient (Wildman–Crippen LogP) is 4.14. The number of rotatable bonds is 5. The first-order valence-corrected chi connectivity index (χ1v) is 9.11. The number of carbonyl (C=O) groups is 1. The maximum atomic E-state index is 12.3. The lowest BCUT2D eigenvalue weighted by Crippen LogP contribution is -2.22. The summed E-state index contributed by atoms with van der Waals surface area (Å²) in [5.74, 6) is -0.308. The lowest BCUT2D eigenvalue weighted by atomic mass is 10.1. The van der Waals surface area contributed by atoms with Crippen LogP contribution in [0.2, 0.25) is 10.0 Å². The number of ketones is 1. The first-order valence-electron chi connectivity index (χ1n) is 6.92. The van der Waals surface area contributed by atoms with Crippen LogP contribution in [0.25, 0.3) is 6.08 Å². The van der Waals surface area contributed by atoms with E-state index in [2.05, 4.69) is 0 Å². The van der Waals surface area contributed by atoms with Gasteiger partial charge in [-0.15, -0.1) is 0 Å². The van der Waals surface area contributed by atoms with Crippen molar-refractivity contribution >= 4 is 45.1 Å². The fourth-order valence-electron chi connectivity index (χ4n) is 1.90. The molecule has 0 unspecified atom stereocenters. The maximum Gasteiger partial charge on any atom is 0.242 e. The van der Waals surface area contributed by atoms with Crippen molar-refractivity contribution in [2.24, 2.45) is 0 Å². The Balaban J connectivity index is 2.27. The van der Waals surface area contributed by atoms with E-state index in [1.165, 1.54) is 38.4 Å². The van der Waals surface area contributed by atoms with E-state index in [9.17, 15) is 13.2 Å². The van der Waals surface area contributed by atoms with Crippen LogP contribution in [0.5, 0.6) is 0 Å². The monoisotopic (exact) mass is 383 g/mol. The van der Waals surface area contributed by atoms with Crippen LogP contribution >= 0.6 is 23.2 Å². The molecule has 2 aromatic rings. The van der Waals surface area contributed by atoms with Gasteiger partial charge in [0.15, 0.2) is 5.78 Å². The van der Waals surface area contributed by atoms with Crippen LogP contribution in [-0.2, 0) is 10.0 Å². The molecule has 0 aliphatic heterocycles. The number of halogens is 2. The van der Waals surface area contributed by atoms with Gasteiger partial charge in [-0.3, -0.25) is 4.79 Å². The molecule has 0 fully saturated rings. The summed E-state index contributed by atoms with van der Waals surface area (Å²) in [7, 11) is -0.709. The Labute approximate surface area is 151 Å². The average Bonchev–Trinajstić information content (AvgIpc) is 2.55. The van der Waals surface area contributed by atoms with Crippen LogP contribution in [0.15, 0.2) is 53.4 Å². The van der Waals surface area contributed by atoms with Gasteiger partial charge >= 0.3 is 0 Å². The molecule has 0 N–H and O–H groups in total. The molecule has 0 radical (unpaired) electrons. The van der Waals surface area contributed by atoms with Crippen molar-refractivity contribution in [2.45, 2.75) is 4.90 Å².